The number of rotatable bonds is 5. The van der Waals surface area contributed by atoms with Crippen molar-refractivity contribution in [2.24, 2.45) is 4.99 Å². The maximum atomic E-state index is 13.9. The molecule has 36 heavy (non-hydrogen) atoms. The summed E-state index contributed by atoms with van der Waals surface area (Å²) in [5.41, 5.74) is 1.64. The van der Waals surface area contributed by atoms with Crippen LogP contribution in [0.15, 0.2) is 81.7 Å². The second-order valence-corrected chi connectivity index (χ2v) is 9.27. The zero-order valence-electron chi connectivity index (χ0n) is 20.0. The molecular formula is C28H24N2O5S. The first-order valence-corrected chi connectivity index (χ1v) is 12.3. The van der Waals surface area contributed by atoms with Gasteiger partial charge in [0.25, 0.3) is 5.56 Å². The lowest BCUT2D eigenvalue weighted by molar-refractivity contribution is -0.139. The number of aromatic hydroxyl groups is 1. The lowest BCUT2D eigenvalue weighted by Crippen LogP contribution is -2.40. The van der Waals surface area contributed by atoms with Crippen molar-refractivity contribution in [3.05, 3.63) is 103 Å². The van der Waals surface area contributed by atoms with E-state index in [2.05, 4.69) is 4.99 Å². The van der Waals surface area contributed by atoms with Crippen LogP contribution in [0, 0.1) is 0 Å². The Morgan fingerprint density at radius 1 is 1.14 bits per heavy atom. The fourth-order valence-electron chi connectivity index (χ4n) is 4.55. The van der Waals surface area contributed by atoms with Crippen LogP contribution in [0.3, 0.4) is 0 Å². The van der Waals surface area contributed by atoms with Crippen LogP contribution < -0.4 is 19.6 Å². The van der Waals surface area contributed by atoms with Crippen molar-refractivity contribution in [2.45, 2.75) is 19.9 Å². The number of benzene rings is 3. The third-order valence-electron chi connectivity index (χ3n) is 6.16. The number of carbonyl (C=O) groups excluding carboxylic acids is 1. The van der Waals surface area contributed by atoms with Crippen molar-refractivity contribution in [3.63, 3.8) is 0 Å². The Hall–Kier alpha value is -4.17. The van der Waals surface area contributed by atoms with Crippen LogP contribution in [0.2, 0.25) is 0 Å². The molecule has 0 saturated heterocycles. The highest BCUT2D eigenvalue weighted by Crippen LogP contribution is 2.40. The fraction of sp³-hybridized carbons (Fsp3) is 0.179. The molecule has 0 bridgehead atoms. The highest BCUT2D eigenvalue weighted by Gasteiger charge is 2.36. The SMILES string of the molecule is CCOC(=O)C1=C(C)N=c2s/c(=C\c3ccccc3O)c(=O)n2[C@@H]1c1c(OC)ccc2ccccc12. The predicted molar refractivity (Wildman–Crippen MR) is 139 cm³/mol. The smallest absolute Gasteiger partial charge is 0.338 e. The van der Waals surface area contributed by atoms with Gasteiger partial charge in [0, 0.05) is 11.1 Å². The van der Waals surface area contributed by atoms with Crippen molar-refractivity contribution in [1.29, 1.82) is 0 Å². The molecule has 1 aromatic heterocycles. The summed E-state index contributed by atoms with van der Waals surface area (Å²) in [7, 11) is 1.57. The van der Waals surface area contributed by atoms with Crippen LogP contribution in [-0.2, 0) is 9.53 Å². The number of fused-ring (bicyclic) bond motifs is 2. The van der Waals surface area contributed by atoms with Crippen molar-refractivity contribution < 1.29 is 19.4 Å². The molecule has 2 heterocycles. The van der Waals surface area contributed by atoms with Gasteiger partial charge in [-0.1, -0.05) is 59.9 Å². The van der Waals surface area contributed by atoms with Gasteiger partial charge in [-0.25, -0.2) is 9.79 Å². The number of para-hydroxylation sites is 1. The van der Waals surface area contributed by atoms with E-state index in [1.165, 1.54) is 15.9 Å². The number of phenolic OH excluding ortho intramolecular Hbond substituents is 1. The quantitative estimate of drug-likeness (QED) is 0.423. The lowest BCUT2D eigenvalue weighted by atomic mass is 9.90. The van der Waals surface area contributed by atoms with E-state index in [4.69, 9.17) is 9.47 Å². The highest BCUT2D eigenvalue weighted by atomic mass is 32.1. The predicted octanol–water partition coefficient (Wildman–Crippen LogP) is 3.67. The number of carbonyl (C=O) groups is 1. The highest BCUT2D eigenvalue weighted by molar-refractivity contribution is 7.07. The monoisotopic (exact) mass is 500 g/mol. The Balaban J connectivity index is 1.87. The summed E-state index contributed by atoms with van der Waals surface area (Å²) in [6.45, 7) is 3.67. The van der Waals surface area contributed by atoms with E-state index in [0.717, 1.165) is 10.8 Å². The van der Waals surface area contributed by atoms with Crippen LogP contribution in [0.25, 0.3) is 16.8 Å². The average Bonchev–Trinajstić information content (AvgIpc) is 3.18. The van der Waals surface area contributed by atoms with E-state index in [1.807, 2.05) is 36.4 Å². The Kier molecular flexibility index (Phi) is 6.20. The van der Waals surface area contributed by atoms with Crippen LogP contribution in [-0.4, -0.2) is 29.4 Å². The first kappa shape index (κ1) is 23.6. The summed E-state index contributed by atoms with van der Waals surface area (Å²) in [5, 5.41) is 12.1. The summed E-state index contributed by atoms with van der Waals surface area (Å²) in [5.74, 6) is 0.0817. The van der Waals surface area contributed by atoms with Gasteiger partial charge < -0.3 is 14.6 Å². The molecule has 1 atom stereocenters. The maximum absolute atomic E-state index is 13.9. The maximum Gasteiger partial charge on any atom is 0.338 e. The Morgan fingerprint density at radius 2 is 1.89 bits per heavy atom. The van der Waals surface area contributed by atoms with Crippen LogP contribution in [0.4, 0.5) is 0 Å². The first-order chi connectivity index (χ1) is 17.4. The number of ether oxygens (including phenoxy) is 2. The fourth-order valence-corrected chi connectivity index (χ4v) is 5.59. The van der Waals surface area contributed by atoms with E-state index in [0.29, 0.717) is 31.9 Å². The third-order valence-corrected chi connectivity index (χ3v) is 7.15. The lowest BCUT2D eigenvalue weighted by Gasteiger charge is -2.27. The van der Waals surface area contributed by atoms with Gasteiger partial charge in [-0.05, 0) is 42.8 Å². The minimum absolute atomic E-state index is 0.0685. The van der Waals surface area contributed by atoms with Gasteiger partial charge >= 0.3 is 5.97 Å². The molecule has 0 unspecified atom stereocenters. The zero-order chi connectivity index (χ0) is 25.4. The number of methoxy groups -OCH3 is 1. The number of thiazole rings is 1. The van der Waals surface area contributed by atoms with E-state index in [9.17, 15) is 14.7 Å². The average molecular weight is 501 g/mol. The van der Waals surface area contributed by atoms with Gasteiger partial charge in [-0.15, -0.1) is 0 Å². The summed E-state index contributed by atoms with van der Waals surface area (Å²) in [6.07, 6.45) is 1.64. The van der Waals surface area contributed by atoms with Gasteiger partial charge in [0.05, 0.1) is 29.5 Å². The van der Waals surface area contributed by atoms with E-state index in [-0.39, 0.29) is 23.5 Å². The Labute approximate surface area is 210 Å². The summed E-state index contributed by atoms with van der Waals surface area (Å²) in [6, 6.07) is 17.5. The molecule has 3 aromatic carbocycles. The van der Waals surface area contributed by atoms with Crippen molar-refractivity contribution in [1.82, 2.24) is 4.57 Å². The molecule has 5 rings (SSSR count). The minimum Gasteiger partial charge on any atom is -0.507 e. The molecule has 7 nitrogen and oxygen atoms in total. The molecule has 1 N–H and O–H groups in total. The molecule has 0 saturated carbocycles. The number of hydrogen-bond acceptors (Lipinski definition) is 7. The molecule has 182 valence electrons. The number of allylic oxidation sites excluding steroid dienone is 1. The molecule has 0 fully saturated rings. The normalized spacial score (nSPS) is 15.5. The zero-order valence-corrected chi connectivity index (χ0v) is 20.8. The molecule has 1 aliphatic rings. The van der Waals surface area contributed by atoms with E-state index >= 15 is 0 Å². The number of esters is 1. The number of nitrogens with zero attached hydrogens (tertiary/aromatic N) is 2. The second-order valence-electron chi connectivity index (χ2n) is 8.26. The van der Waals surface area contributed by atoms with Gasteiger partial charge in [-0.3, -0.25) is 9.36 Å². The van der Waals surface area contributed by atoms with Crippen molar-refractivity contribution in [2.75, 3.05) is 13.7 Å². The molecule has 0 aliphatic carbocycles. The third kappa shape index (κ3) is 3.89. The summed E-state index contributed by atoms with van der Waals surface area (Å²) >= 11 is 1.20. The standard InChI is InChI=1S/C28H24N2O5S/c1-4-35-27(33)23-16(2)29-28-30(26(32)22(36-28)15-18-10-6-8-12-20(18)31)25(23)24-19-11-7-5-9-17(19)13-14-21(24)34-3/h5-15,25,31H,4H2,1-3H3/b22-15-/t25-/m0/s1. The van der Waals surface area contributed by atoms with Crippen molar-refractivity contribution in [3.8, 4) is 11.5 Å². The van der Waals surface area contributed by atoms with Crippen LogP contribution in [0.1, 0.15) is 31.0 Å². The van der Waals surface area contributed by atoms with Crippen molar-refractivity contribution >= 4 is 34.2 Å². The van der Waals surface area contributed by atoms with E-state index in [1.54, 1.807) is 51.3 Å². The summed E-state index contributed by atoms with van der Waals surface area (Å²) in [4.78, 5) is 32.2. The molecule has 0 amide bonds. The summed E-state index contributed by atoms with van der Waals surface area (Å²) < 4.78 is 13.1. The van der Waals surface area contributed by atoms with E-state index < -0.39 is 12.0 Å². The Bertz CT molecular complexity index is 1710. The number of aromatic nitrogens is 1. The number of phenols is 1. The van der Waals surface area contributed by atoms with Gasteiger partial charge in [0.1, 0.15) is 17.5 Å². The molecule has 1 aliphatic heterocycles. The number of hydrogen-bond donors (Lipinski definition) is 1. The molecule has 4 aromatic rings. The Morgan fingerprint density at radius 3 is 2.64 bits per heavy atom. The topological polar surface area (TPSA) is 90.1 Å². The van der Waals surface area contributed by atoms with Gasteiger partial charge in [0.15, 0.2) is 4.80 Å². The molecule has 0 spiro atoms. The molecule has 0 radical (unpaired) electrons. The second kappa shape index (κ2) is 9.47. The first-order valence-electron chi connectivity index (χ1n) is 11.5. The van der Waals surface area contributed by atoms with Crippen LogP contribution >= 0.6 is 11.3 Å². The minimum atomic E-state index is -0.812. The van der Waals surface area contributed by atoms with Crippen LogP contribution in [0.5, 0.6) is 11.5 Å². The van der Waals surface area contributed by atoms with Gasteiger partial charge in [-0.2, -0.15) is 0 Å². The largest absolute Gasteiger partial charge is 0.507 e. The molecule has 8 heteroatoms. The van der Waals surface area contributed by atoms with Gasteiger partial charge in [0.2, 0.25) is 0 Å². The molecular weight excluding hydrogens is 476 g/mol.